The predicted molar refractivity (Wildman–Crippen MR) is 91.1 cm³/mol. The van der Waals surface area contributed by atoms with E-state index in [1.54, 1.807) is 4.90 Å². The first-order valence-corrected chi connectivity index (χ1v) is 8.96. The van der Waals surface area contributed by atoms with Gasteiger partial charge in [0, 0.05) is 13.1 Å². The normalized spacial score (nSPS) is 22.7. The quantitative estimate of drug-likeness (QED) is 0.855. The minimum Gasteiger partial charge on any atom is -0.481 e. The molecule has 0 spiro atoms. The van der Waals surface area contributed by atoms with E-state index in [0.717, 1.165) is 31.2 Å². The number of carboxylic acid groups (broad SMARTS) is 1. The van der Waals surface area contributed by atoms with E-state index in [1.165, 1.54) is 0 Å². The molecular formula is C19H25NO5. The van der Waals surface area contributed by atoms with Crippen LogP contribution in [0.3, 0.4) is 0 Å². The van der Waals surface area contributed by atoms with Gasteiger partial charge < -0.3 is 19.5 Å². The highest BCUT2D eigenvalue weighted by molar-refractivity contribution is 5.82. The minimum atomic E-state index is -0.916. The highest BCUT2D eigenvalue weighted by Gasteiger charge is 2.33. The van der Waals surface area contributed by atoms with Crippen LogP contribution in [-0.2, 0) is 19.1 Å². The molecule has 1 N–H and O–H groups in total. The lowest BCUT2D eigenvalue weighted by Crippen LogP contribution is -2.48. The van der Waals surface area contributed by atoms with Crippen molar-refractivity contribution in [3.8, 4) is 0 Å². The number of aliphatic carboxylic acids is 1. The summed E-state index contributed by atoms with van der Waals surface area (Å²) in [6, 6.07) is 9.54. The van der Waals surface area contributed by atoms with Gasteiger partial charge in [0.15, 0.2) is 6.10 Å². The Kier molecular flexibility index (Phi) is 6.04. The molecule has 6 nitrogen and oxygen atoms in total. The summed E-state index contributed by atoms with van der Waals surface area (Å²) >= 11 is 0. The Morgan fingerprint density at radius 1 is 1.24 bits per heavy atom. The summed E-state index contributed by atoms with van der Waals surface area (Å²) < 4.78 is 11.7. The highest BCUT2D eigenvalue weighted by Crippen LogP contribution is 2.29. The van der Waals surface area contributed by atoms with Gasteiger partial charge in [0.2, 0.25) is 0 Å². The maximum absolute atomic E-state index is 13.1. The molecule has 1 aromatic rings. The number of benzene rings is 1. The number of rotatable bonds is 6. The van der Waals surface area contributed by atoms with Crippen LogP contribution in [0.15, 0.2) is 30.3 Å². The van der Waals surface area contributed by atoms with Crippen molar-refractivity contribution in [2.24, 2.45) is 0 Å². The monoisotopic (exact) mass is 347 g/mol. The van der Waals surface area contributed by atoms with Crippen LogP contribution >= 0.6 is 0 Å². The molecule has 1 aliphatic carbocycles. The molecule has 0 radical (unpaired) electrons. The fourth-order valence-electron chi connectivity index (χ4n) is 3.53. The van der Waals surface area contributed by atoms with Crippen molar-refractivity contribution in [1.29, 1.82) is 0 Å². The molecule has 0 unspecified atom stereocenters. The molecule has 2 fully saturated rings. The lowest BCUT2D eigenvalue weighted by Gasteiger charge is -2.35. The number of carbonyl (C=O) groups is 2. The summed E-state index contributed by atoms with van der Waals surface area (Å²) in [5.41, 5.74) is 0.848. The number of nitrogens with zero attached hydrogens (tertiary/aromatic N) is 1. The van der Waals surface area contributed by atoms with Gasteiger partial charge in [-0.3, -0.25) is 9.59 Å². The van der Waals surface area contributed by atoms with Crippen LogP contribution in [0.1, 0.15) is 43.8 Å². The molecule has 1 saturated carbocycles. The van der Waals surface area contributed by atoms with Crippen molar-refractivity contribution in [1.82, 2.24) is 4.90 Å². The Hall–Kier alpha value is -1.92. The summed E-state index contributed by atoms with van der Waals surface area (Å²) in [5.74, 6) is -1.02. The Balaban J connectivity index is 1.72. The first-order chi connectivity index (χ1) is 12.1. The van der Waals surface area contributed by atoms with Crippen LogP contribution in [-0.4, -0.2) is 53.8 Å². The van der Waals surface area contributed by atoms with Crippen LogP contribution in [0.2, 0.25) is 0 Å². The predicted octanol–water partition coefficient (Wildman–Crippen LogP) is 2.39. The maximum Gasteiger partial charge on any atom is 0.306 e. The number of carboxylic acids is 1. The summed E-state index contributed by atoms with van der Waals surface area (Å²) in [7, 11) is 0. The molecule has 136 valence electrons. The van der Waals surface area contributed by atoms with E-state index in [2.05, 4.69) is 0 Å². The van der Waals surface area contributed by atoms with Crippen molar-refractivity contribution >= 4 is 11.9 Å². The zero-order valence-electron chi connectivity index (χ0n) is 14.3. The smallest absolute Gasteiger partial charge is 0.306 e. The highest BCUT2D eigenvalue weighted by atomic mass is 16.5. The molecule has 0 aromatic heterocycles. The van der Waals surface area contributed by atoms with E-state index in [1.807, 2.05) is 30.3 Å². The first kappa shape index (κ1) is 17.9. The minimum absolute atomic E-state index is 0.0940. The van der Waals surface area contributed by atoms with E-state index in [4.69, 9.17) is 14.6 Å². The molecule has 1 saturated heterocycles. The zero-order chi connectivity index (χ0) is 17.6. The fourth-order valence-corrected chi connectivity index (χ4v) is 3.53. The van der Waals surface area contributed by atoms with Crippen molar-refractivity contribution in [3.05, 3.63) is 35.9 Å². The largest absolute Gasteiger partial charge is 0.481 e. The molecule has 1 heterocycles. The molecule has 1 aliphatic heterocycles. The van der Waals surface area contributed by atoms with Gasteiger partial charge in [-0.15, -0.1) is 0 Å². The van der Waals surface area contributed by atoms with Gasteiger partial charge in [-0.1, -0.05) is 43.2 Å². The molecule has 0 bridgehead atoms. The third kappa shape index (κ3) is 4.80. The van der Waals surface area contributed by atoms with Gasteiger partial charge in [0.25, 0.3) is 5.91 Å². The van der Waals surface area contributed by atoms with Crippen molar-refractivity contribution in [3.63, 3.8) is 0 Å². The third-order valence-corrected chi connectivity index (χ3v) is 4.81. The molecule has 2 aliphatic rings. The Morgan fingerprint density at radius 2 is 1.96 bits per heavy atom. The Bertz CT molecular complexity index is 585. The number of morpholine rings is 1. The Labute approximate surface area is 147 Å². The van der Waals surface area contributed by atoms with Crippen molar-refractivity contribution in [2.75, 3.05) is 19.7 Å². The van der Waals surface area contributed by atoms with E-state index < -0.39 is 18.2 Å². The Morgan fingerprint density at radius 3 is 2.64 bits per heavy atom. The summed E-state index contributed by atoms with van der Waals surface area (Å²) in [4.78, 5) is 25.7. The number of hydrogen-bond donors (Lipinski definition) is 1. The number of amides is 1. The van der Waals surface area contributed by atoms with Gasteiger partial charge >= 0.3 is 5.97 Å². The maximum atomic E-state index is 13.1. The average molecular weight is 347 g/mol. The lowest BCUT2D eigenvalue weighted by atomic mass is 10.1. The number of carbonyl (C=O) groups excluding carboxylic acids is 1. The third-order valence-electron chi connectivity index (χ3n) is 4.81. The van der Waals surface area contributed by atoms with Crippen LogP contribution in [0, 0.1) is 0 Å². The lowest BCUT2D eigenvalue weighted by molar-refractivity contribution is -0.158. The van der Waals surface area contributed by atoms with Crippen LogP contribution in [0.25, 0.3) is 0 Å². The van der Waals surface area contributed by atoms with Crippen LogP contribution in [0.4, 0.5) is 0 Å². The molecule has 2 atom stereocenters. The number of ether oxygens (including phenoxy) is 2. The van der Waals surface area contributed by atoms with E-state index in [0.29, 0.717) is 19.7 Å². The molecular weight excluding hydrogens is 322 g/mol. The SMILES string of the molecule is O=C(O)C[C@@H]1CN(C(=O)[C@@H](OC2CCCC2)c2ccccc2)CCO1. The van der Waals surface area contributed by atoms with E-state index >= 15 is 0 Å². The van der Waals surface area contributed by atoms with Gasteiger partial charge in [-0.25, -0.2) is 0 Å². The van der Waals surface area contributed by atoms with Gasteiger partial charge in [0.1, 0.15) is 0 Å². The average Bonchev–Trinajstić information content (AvgIpc) is 3.13. The molecule has 1 aromatic carbocycles. The fraction of sp³-hybridized carbons (Fsp3) is 0.579. The van der Waals surface area contributed by atoms with Gasteiger partial charge in [0.05, 0.1) is 25.2 Å². The summed E-state index contributed by atoms with van der Waals surface area (Å²) in [5, 5.41) is 8.96. The summed E-state index contributed by atoms with van der Waals surface area (Å²) in [6.45, 7) is 1.11. The molecule has 1 amide bonds. The second-order valence-electron chi connectivity index (χ2n) is 6.71. The van der Waals surface area contributed by atoms with Crippen molar-refractivity contribution in [2.45, 2.75) is 50.4 Å². The van der Waals surface area contributed by atoms with Crippen LogP contribution < -0.4 is 0 Å². The van der Waals surface area contributed by atoms with E-state index in [-0.39, 0.29) is 18.4 Å². The van der Waals surface area contributed by atoms with Crippen molar-refractivity contribution < 1.29 is 24.2 Å². The zero-order valence-corrected chi connectivity index (χ0v) is 14.3. The molecule has 6 heteroatoms. The second-order valence-corrected chi connectivity index (χ2v) is 6.71. The molecule has 3 rings (SSSR count). The first-order valence-electron chi connectivity index (χ1n) is 8.96. The molecule has 25 heavy (non-hydrogen) atoms. The van der Waals surface area contributed by atoms with E-state index in [9.17, 15) is 9.59 Å². The number of hydrogen-bond acceptors (Lipinski definition) is 4. The van der Waals surface area contributed by atoms with Gasteiger partial charge in [-0.05, 0) is 18.4 Å². The second kappa shape index (κ2) is 8.45. The standard InChI is InChI=1S/C19H25NO5/c21-17(22)12-16-13-20(10-11-24-16)19(23)18(14-6-2-1-3-7-14)25-15-8-4-5-9-15/h1-3,6-7,15-16,18H,4-5,8-13H2,(H,21,22)/t16-,18+/m1/s1. The summed E-state index contributed by atoms with van der Waals surface area (Å²) in [6.07, 6.45) is 3.18. The van der Waals surface area contributed by atoms with Crippen LogP contribution in [0.5, 0.6) is 0 Å². The van der Waals surface area contributed by atoms with Gasteiger partial charge in [-0.2, -0.15) is 0 Å². The topological polar surface area (TPSA) is 76.1 Å².